The van der Waals surface area contributed by atoms with E-state index in [1.165, 1.54) is 19.3 Å². The van der Waals surface area contributed by atoms with Gasteiger partial charge in [-0.15, -0.1) is 0 Å². The maximum atomic E-state index is 12.8. The monoisotopic (exact) mass is 676 g/mol. The van der Waals surface area contributed by atoms with E-state index in [4.69, 9.17) is 4.74 Å². The predicted octanol–water partition coefficient (Wildman–Crippen LogP) is 6.91. The molecule has 1 saturated heterocycles. The Balaban J connectivity index is -0.000000458. The fourth-order valence-electron chi connectivity index (χ4n) is 2.04. The van der Waals surface area contributed by atoms with Crippen molar-refractivity contribution in [2.24, 2.45) is 0 Å². The van der Waals surface area contributed by atoms with Gasteiger partial charge in [0.2, 0.25) is 0 Å². The summed E-state index contributed by atoms with van der Waals surface area (Å²) < 4.78 is 105. The summed E-state index contributed by atoms with van der Waals surface area (Å²) in [7, 11) is 0. The summed E-state index contributed by atoms with van der Waals surface area (Å²) in [4.78, 5) is 10.0. The number of ether oxygens (including phenoxy) is 1. The molecule has 1 heterocycles. The molecule has 0 spiro atoms. The third kappa shape index (κ3) is 12.3. The van der Waals surface area contributed by atoms with Crippen LogP contribution in [0.5, 0.6) is 0 Å². The van der Waals surface area contributed by atoms with Crippen molar-refractivity contribution in [3.8, 4) is 0 Å². The Morgan fingerprint density at radius 2 is 1.05 bits per heavy atom. The van der Waals surface area contributed by atoms with Crippen molar-refractivity contribution in [1.29, 1.82) is 0 Å². The van der Waals surface area contributed by atoms with E-state index < -0.39 is 66.6 Å². The molecule has 3 rings (SSSR count). The van der Waals surface area contributed by atoms with Crippen molar-refractivity contribution in [3.63, 3.8) is 0 Å². The average molecular weight is 678 g/mol. The third-order valence-corrected chi connectivity index (χ3v) is 5.38. The van der Waals surface area contributed by atoms with Crippen LogP contribution in [-0.2, 0) is 4.74 Å². The van der Waals surface area contributed by atoms with Crippen LogP contribution < -0.4 is 18.9 Å². The second-order valence-corrected chi connectivity index (χ2v) is 8.05. The summed E-state index contributed by atoms with van der Waals surface area (Å²) in [6.07, 6.45) is 5.26. The molecule has 210 valence electrons. The van der Waals surface area contributed by atoms with Crippen LogP contribution in [0.25, 0.3) is 6.08 Å². The molecular formula is C25H27Br2F8LiO2. The first kappa shape index (κ1) is 41.3. The van der Waals surface area contributed by atoms with Gasteiger partial charge in [-0.05, 0) is 44.7 Å². The Kier molecular flexibility index (Phi) is 24.6. The molecule has 1 fully saturated rings. The average Bonchev–Trinajstić information content (AvgIpc) is 3.51. The van der Waals surface area contributed by atoms with Gasteiger partial charge in [-0.2, -0.15) is 6.42 Å². The number of hydrogen-bond acceptors (Lipinski definition) is 2. The molecule has 0 amide bonds. The van der Waals surface area contributed by atoms with Gasteiger partial charge in [0.05, 0.1) is 20.1 Å². The fourth-order valence-corrected chi connectivity index (χ4v) is 2.73. The molecule has 0 saturated carbocycles. The Labute approximate surface area is 246 Å². The number of benzene rings is 2. The van der Waals surface area contributed by atoms with Crippen molar-refractivity contribution in [3.05, 3.63) is 80.1 Å². The molecule has 1 aliphatic rings. The van der Waals surface area contributed by atoms with E-state index >= 15 is 0 Å². The van der Waals surface area contributed by atoms with Crippen molar-refractivity contribution in [2.45, 2.75) is 46.5 Å². The van der Waals surface area contributed by atoms with Gasteiger partial charge in [0.25, 0.3) is 0 Å². The standard InChI is InChI=1S/C8H3BrF4.C7HBrF4O.C4H8O.C4H9.C2H6.Li/c1-2-3-5(10)7(12)4(9)8(13)6(3)11;8-3-6(11)4(9)2(1-13)5(10)7(3)12;1-2-4-5-3-1;1-3-4-2;1-2;/h2H,1H2;1H;1-4H2;1,3-4H2,2H3;1-2H3;/q;;;-1;;+1. The van der Waals surface area contributed by atoms with E-state index in [0.717, 1.165) is 19.6 Å². The SMILES string of the molecule is C1CCOC1.C=Cc1c(F)c(F)c(Br)c(F)c1F.CC.O=Cc1c(F)c(F)c(Br)c(F)c1F.[CH2-]CCC.[Li+]. The molecule has 1 aliphatic heterocycles. The van der Waals surface area contributed by atoms with Crippen molar-refractivity contribution < 1.29 is 63.5 Å². The molecule has 2 nitrogen and oxygen atoms in total. The number of halogens is 10. The zero-order valence-corrected chi connectivity index (χ0v) is 24.6. The van der Waals surface area contributed by atoms with E-state index in [1.54, 1.807) is 0 Å². The van der Waals surface area contributed by atoms with Crippen molar-refractivity contribution >= 4 is 44.2 Å². The first-order valence-corrected chi connectivity index (χ1v) is 12.5. The third-order valence-electron chi connectivity index (χ3n) is 3.99. The smallest absolute Gasteiger partial charge is 0.381 e. The van der Waals surface area contributed by atoms with E-state index in [9.17, 15) is 39.9 Å². The van der Waals surface area contributed by atoms with Crippen LogP contribution in [0.4, 0.5) is 35.1 Å². The molecule has 38 heavy (non-hydrogen) atoms. The minimum absolute atomic E-state index is 0. The van der Waals surface area contributed by atoms with Gasteiger partial charge >= 0.3 is 18.9 Å². The Morgan fingerprint density at radius 1 is 0.763 bits per heavy atom. The maximum Gasteiger partial charge on any atom is 1.00 e. The normalized spacial score (nSPS) is 11.1. The summed E-state index contributed by atoms with van der Waals surface area (Å²) >= 11 is 4.68. The van der Waals surface area contributed by atoms with E-state index in [0.29, 0.717) is 6.08 Å². The van der Waals surface area contributed by atoms with Gasteiger partial charge in [0.1, 0.15) is 0 Å². The van der Waals surface area contributed by atoms with Crippen LogP contribution in [0.2, 0.25) is 0 Å². The largest absolute Gasteiger partial charge is 1.00 e. The number of hydrogen-bond donors (Lipinski definition) is 0. The van der Waals surface area contributed by atoms with Crippen LogP contribution in [0, 0.1) is 53.5 Å². The van der Waals surface area contributed by atoms with Gasteiger partial charge in [-0.3, -0.25) is 4.79 Å². The maximum absolute atomic E-state index is 12.8. The van der Waals surface area contributed by atoms with Gasteiger partial charge in [-0.25, -0.2) is 35.1 Å². The summed E-state index contributed by atoms with van der Waals surface area (Å²) in [5.74, 6) is -12.5. The van der Waals surface area contributed by atoms with Crippen LogP contribution in [0.3, 0.4) is 0 Å². The number of aldehydes is 1. The number of rotatable bonds is 3. The van der Waals surface area contributed by atoms with E-state index in [-0.39, 0.29) is 25.1 Å². The minimum atomic E-state index is -1.71. The van der Waals surface area contributed by atoms with Crippen molar-refractivity contribution in [2.75, 3.05) is 13.2 Å². The predicted molar refractivity (Wildman–Crippen MR) is 135 cm³/mol. The first-order valence-electron chi connectivity index (χ1n) is 10.9. The van der Waals surface area contributed by atoms with Gasteiger partial charge in [0, 0.05) is 13.2 Å². The van der Waals surface area contributed by atoms with E-state index in [1.807, 2.05) is 13.8 Å². The molecule has 13 heteroatoms. The summed E-state index contributed by atoms with van der Waals surface area (Å²) in [5.41, 5.74) is -2.06. The van der Waals surface area contributed by atoms with Gasteiger partial charge < -0.3 is 11.7 Å². The fraction of sp³-hybridized carbons (Fsp3) is 0.360. The van der Waals surface area contributed by atoms with Crippen LogP contribution in [-0.4, -0.2) is 19.5 Å². The quantitative estimate of drug-likeness (QED) is 0.0882. The molecule has 2 aromatic rings. The molecule has 2 aromatic carbocycles. The van der Waals surface area contributed by atoms with Crippen LogP contribution in [0.1, 0.15) is 62.4 Å². The van der Waals surface area contributed by atoms with E-state index in [2.05, 4.69) is 52.3 Å². The van der Waals surface area contributed by atoms with Gasteiger partial charge in [-0.1, -0.05) is 39.8 Å². The molecular weight excluding hydrogens is 651 g/mol. The van der Waals surface area contributed by atoms with Gasteiger partial charge in [0.15, 0.2) is 52.8 Å². The molecule has 0 radical (unpaired) electrons. The Hall–Kier alpha value is -1.19. The van der Waals surface area contributed by atoms with Crippen molar-refractivity contribution in [1.82, 2.24) is 0 Å². The first-order chi connectivity index (χ1) is 17.4. The number of carbonyl (C=O) groups excluding carboxylic acids is 1. The number of unbranched alkanes of at least 4 members (excludes halogenated alkanes) is 1. The molecule has 0 unspecified atom stereocenters. The topological polar surface area (TPSA) is 26.3 Å². The molecule has 0 aliphatic carbocycles. The van der Waals surface area contributed by atoms with Crippen LogP contribution >= 0.6 is 31.9 Å². The molecule has 0 atom stereocenters. The molecule has 0 N–H and O–H groups in total. The zero-order valence-electron chi connectivity index (χ0n) is 21.4. The van der Waals surface area contributed by atoms with Crippen LogP contribution in [0.15, 0.2) is 15.5 Å². The summed E-state index contributed by atoms with van der Waals surface area (Å²) in [5, 5.41) is 0. The Bertz CT molecular complexity index is 879. The minimum Gasteiger partial charge on any atom is -0.381 e. The number of carbonyl (C=O) groups is 1. The molecule has 0 bridgehead atoms. The second-order valence-electron chi connectivity index (χ2n) is 6.46. The molecule has 0 aromatic heterocycles. The zero-order chi connectivity index (χ0) is 29.3. The summed E-state index contributed by atoms with van der Waals surface area (Å²) in [6.45, 7) is 14.8. The second kappa shape index (κ2) is 22.6. The Morgan fingerprint density at radius 3 is 1.24 bits per heavy atom. The summed E-state index contributed by atoms with van der Waals surface area (Å²) in [6, 6.07) is 0.